The van der Waals surface area contributed by atoms with Gasteiger partial charge in [-0.05, 0) is 66.4 Å². The van der Waals surface area contributed by atoms with Crippen LogP contribution in [-0.2, 0) is 18.9 Å². The first-order chi connectivity index (χ1) is 14.8. The van der Waals surface area contributed by atoms with Crippen LogP contribution < -0.4 is 0 Å². The Balaban J connectivity index is 1.52. The summed E-state index contributed by atoms with van der Waals surface area (Å²) in [4.78, 5) is 0. The van der Waals surface area contributed by atoms with Crippen LogP contribution in [0.25, 0.3) is 0 Å². The average molecular weight is 425 g/mol. The summed E-state index contributed by atoms with van der Waals surface area (Å²) < 4.78 is 22.9. The molecule has 4 rings (SSSR count). The van der Waals surface area contributed by atoms with Gasteiger partial charge in [0.15, 0.2) is 0 Å². The molecule has 2 aliphatic heterocycles. The molecule has 0 radical (unpaired) electrons. The first-order valence-corrected chi connectivity index (χ1v) is 11.5. The van der Waals surface area contributed by atoms with Gasteiger partial charge in [0.2, 0.25) is 0 Å². The van der Waals surface area contributed by atoms with Gasteiger partial charge in [-0.1, -0.05) is 51.2 Å². The van der Waals surface area contributed by atoms with Crippen LogP contribution in [-0.4, -0.2) is 38.6 Å². The summed E-state index contributed by atoms with van der Waals surface area (Å²) in [5.41, 5.74) is 3.70. The molecule has 4 atom stereocenters. The maximum atomic E-state index is 6.17. The van der Waals surface area contributed by atoms with Crippen LogP contribution in [0, 0.1) is 17.3 Å². The lowest BCUT2D eigenvalue weighted by Gasteiger charge is -2.31. The van der Waals surface area contributed by atoms with Gasteiger partial charge in [-0.15, -0.1) is 0 Å². The number of ether oxygens (including phenoxy) is 4. The fraction of sp³-hybridized carbons (Fsp3) is 0.556. The Hall–Kier alpha value is -2.04. The SMILES string of the molecule is CC1=CC=CC(CC(C)(C)C2=C(C)C(OCC3CO3)=CC(C)C=C2)C=C1OCC1CO1. The van der Waals surface area contributed by atoms with Crippen molar-refractivity contribution in [1.82, 2.24) is 0 Å². The van der Waals surface area contributed by atoms with Crippen LogP contribution in [0.1, 0.15) is 41.0 Å². The quantitative estimate of drug-likeness (QED) is 0.448. The van der Waals surface area contributed by atoms with Crippen LogP contribution in [0.15, 0.2) is 70.8 Å². The van der Waals surface area contributed by atoms with Crippen LogP contribution in [0.2, 0.25) is 0 Å². The van der Waals surface area contributed by atoms with E-state index in [0.29, 0.717) is 25.0 Å². The summed E-state index contributed by atoms with van der Waals surface area (Å²) in [6, 6.07) is 0. The molecule has 4 heteroatoms. The van der Waals surface area contributed by atoms with Gasteiger partial charge in [0.05, 0.1) is 13.2 Å². The average Bonchev–Trinajstić information content (AvgIpc) is 3.59. The van der Waals surface area contributed by atoms with E-state index in [4.69, 9.17) is 18.9 Å². The molecule has 0 spiro atoms. The van der Waals surface area contributed by atoms with E-state index in [-0.39, 0.29) is 17.6 Å². The van der Waals surface area contributed by atoms with E-state index in [1.54, 1.807) is 0 Å². The van der Waals surface area contributed by atoms with Crippen LogP contribution in [0.5, 0.6) is 0 Å². The molecule has 0 aromatic rings. The molecular weight excluding hydrogens is 388 g/mol. The monoisotopic (exact) mass is 424 g/mol. The van der Waals surface area contributed by atoms with Crippen LogP contribution >= 0.6 is 0 Å². The number of hydrogen-bond donors (Lipinski definition) is 0. The van der Waals surface area contributed by atoms with Crippen molar-refractivity contribution in [3.8, 4) is 0 Å². The van der Waals surface area contributed by atoms with Gasteiger partial charge >= 0.3 is 0 Å². The molecule has 2 aliphatic carbocycles. The lowest BCUT2D eigenvalue weighted by molar-refractivity contribution is 0.186. The maximum absolute atomic E-state index is 6.17. The topological polar surface area (TPSA) is 43.5 Å². The Kier molecular flexibility index (Phi) is 6.59. The van der Waals surface area contributed by atoms with Crippen molar-refractivity contribution >= 4 is 0 Å². The summed E-state index contributed by atoms with van der Waals surface area (Å²) in [6.45, 7) is 14.1. The van der Waals surface area contributed by atoms with Gasteiger partial charge in [-0.25, -0.2) is 0 Å². The second kappa shape index (κ2) is 9.22. The minimum absolute atomic E-state index is 0.0301. The normalized spacial score (nSPS) is 30.2. The minimum Gasteiger partial charge on any atom is -0.491 e. The Morgan fingerprint density at radius 1 is 0.968 bits per heavy atom. The molecule has 168 valence electrons. The molecule has 0 N–H and O–H groups in total. The summed E-state index contributed by atoms with van der Waals surface area (Å²) >= 11 is 0. The summed E-state index contributed by atoms with van der Waals surface area (Å²) in [5, 5.41) is 0. The number of allylic oxidation sites excluding steroid dienone is 10. The Labute approximate surface area is 187 Å². The molecule has 0 saturated carbocycles. The van der Waals surface area contributed by atoms with Crippen molar-refractivity contribution in [2.45, 2.75) is 53.2 Å². The highest BCUT2D eigenvalue weighted by molar-refractivity contribution is 5.43. The summed E-state index contributed by atoms with van der Waals surface area (Å²) in [7, 11) is 0. The van der Waals surface area contributed by atoms with Gasteiger partial charge in [-0.3, -0.25) is 0 Å². The van der Waals surface area contributed by atoms with E-state index in [9.17, 15) is 0 Å². The summed E-state index contributed by atoms with van der Waals surface area (Å²) in [5.74, 6) is 2.60. The highest BCUT2D eigenvalue weighted by Gasteiger charge is 2.30. The third-order valence-electron chi connectivity index (χ3n) is 6.34. The summed E-state index contributed by atoms with van der Waals surface area (Å²) in [6.07, 6.45) is 17.2. The van der Waals surface area contributed by atoms with Crippen molar-refractivity contribution in [1.29, 1.82) is 0 Å². The zero-order valence-electron chi connectivity index (χ0n) is 19.5. The fourth-order valence-corrected chi connectivity index (χ4v) is 4.30. The second-order valence-corrected chi connectivity index (χ2v) is 9.84. The van der Waals surface area contributed by atoms with Crippen LogP contribution in [0.4, 0.5) is 0 Å². The highest BCUT2D eigenvalue weighted by atomic mass is 16.6. The van der Waals surface area contributed by atoms with Gasteiger partial charge in [-0.2, -0.15) is 0 Å². The third-order valence-corrected chi connectivity index (χ3v) is 6.34. The second-order valence-electron chi connectivity index (χ2n) is 9.84. The van der Waals surface area contributed by atoms with Crippen molar-refractivity contribution < 1.29 is 18.9 Å². The number of rotatable bonds is 9. The van der Waals surface area contributed by atoms with E-state index >= 15 is 0 Å². The maximum Gasteiger partial charge on any atom is 0.119 e. The molecule has 4 nitrogen and oxygen atoms in total. The van der Waals surface area contributed by atoms with Gasteiger partial charge < -0.3 is 18.9 Å². The van der Waals surface area contributed by atoms with E-state index < -0.39 is 0 Å². The van der Waals surface area contributed by atoms with Gasteiger partial charge in [0.1, 0.15) is 36.9 Å². The Bertz CT molecular complexity index is 860. The lowest BCUT2D eigenvalue weighted by atomic mass is 9.74. The lowest BCUT2D eigenvalue weighted by Crippen LogP contribution is -2.20. The molecule has 2 fully saturated rings. The zero-order valence-corrected chi connectivity index (χ0v) is 19.5. The molecule has 2 heterocycles. The van der Waals surface area contributed by atoms with Crippen molar-refractivity contribution in [2.24, 2.45) is 17.3 Å². The number of epoxide rings is 2. The predicted octanol–water partition coefficient (Wildman–Crippen LogP) is 5.66. The van der Waals surface area contributed by atoms with Gasteiger partial charge in [0.25, 0.3) is 0 Å². The highest BCUT2D eigenvalue weighted by Crippen LogP contribution is 2.41. The third kappa shape index (κ3) is 6.02. The Morgan fingerprint density at radius 3 is 2.26 bits per heavy atom. The zero-order chi connectivity index (χ0) is 22.0. The van der Waals surface area contributed by atoms with Crippen molar-refractivity contribution in [2.75, 3.05) is 26.4 Å². The molecule has 2 saturated heterocycles. The molecule has 0 bridgehead atoms. The van der Waals surface area contributed by atoms with E-state index in [1.165, 1.54) is 11.1 Å². The van der Waals surface area contributed by atoms with Crippen molar-refractivity contribution in [3.05, 3.63) is 70.8 Å². The molecule has 4 unspecified atom stereocenters. The smallest absolute Gasteiger partial charge is 0.119 e. The molecule has 0 amide bonds. The standard InChI is InChI=1S/C27H36O4/c1-18-9-10-24(20(3)26(11-18)31-17-23-15-29-23)27(4,5)13-21-8-6-7-19(2)25(12-21)30-16-22-14-28-22/h6-12,18,21-23H,13-17H2,1-5H3. The molecule has 0 aromatic carbocycles. The minimum atomic E-state index is -0.0301. The van der Waals surface area contributed by atoms with Gasteiger partial charge in [0, 0.05) is 0 Å². The molecular formula is C27H36O4. The molecule has 31 heavy (non-hydrogen) atoms. The van der Waals surface area contributed by atoms with E-state index in [1.807, 2.05) is 0 Å². The van der Waals surface area contributed by atoms with E-state index in [0.717, 1.165) is 36.7 Å². The Morgan fingerprint density at radius 2 is 1.61 bits per heavy atom. The van der Waals surface area contributed by atoms with E-state index in [2.05, 4.69) is 77.2 Å². The van der Waals surface area contributed by atoms with Crippen LogP contribution in [0.3, 0.4) is 0 Å². The fourth-order valence-electron chi connectivity index (χ4n) is 4.30. The number of hydrogen-bond acceptors (Lipinski definition) is 4. The predicted molar refractivity (Wildman–Crippen MR) is 123 cm³/mol. The largest absolute Gasteiger partial charge is 0.491 e. The molecule has 4 aliphatic rings. The first kappa shape index (κ1) is 22.2. The first-order valence-electron chi connectivity index (χ1n) is 11.5. The molecule has 0 aromatic heterocycles. The van der Waals surface area contributed by atoms with Crippen molar-refractivity contribution in [3.63, 3.8) is 0 Å².